The van der Waals surface area contributed by atoms with Crippen molar-refractivity contribution in [1.29, 1.82) is 0 Å². The van der Waals surface area contributed by atoms with E-state index in [1.54, 1.807) is 6.20 Å². The third kappa shape index (κ3) is 3.33. The molecule has 4 nitrogen and oxygen atoms in total. The monoisotopic (exact) mass is 334 g/mol. The van der Waals surface area contributed by atoms with Crippen molar-refractivity contribution in [1.82, 2.24) is 9.88 Å². The molecular formula is C21H22N2O2. The number of nitrogens with zero attached hydrogens (tertiary/aromatic N) is 1. The van der Waals surface area contributed by atoms with Crippen LogP contribution in [-0.2, 0) is 6.54 Å². The fraction of sp³-hybridized carbons (Fsp3) is 0.238. The van der Waals surface area contributed by atoms with Gasteiger partial charge >= 0.3 is 0 Å². The van der Waals surface area contributed by atoms with Gasteiger partial charge in [0.2, 0.25) is 5.43 Å². The first-order valence-electron chi connectivity index (χ1n) is 8.51. The molecule has 1 atom stereocenters. The summed E-state index contributed by atoms with van der Waals surface area (Å²) in [5.41, 5.74) is 2.82. The summed E-state index contributed by atoms with van der Waals surface area (Å²) in [6.45, 7) is 6.54. The van der Waals surface area contributed by atoms with E-state index in [4.69, 9.17) is 0 Å². The normalized spacial score (nSPS) is 12.1. The summed E-state index contributed by atoms with van der Waals surface area (Å²) in [7, 11) is 0. The van der Waals surface area contributed by atoms with Gasteiger partial charge in [-0.1, -0.05) is 42.0 Å². The highest BCUT2D eigenvalue weighted by molar-refractivity contribution is 5.97. The summed E-state index contributed by atoms with van der Waals surface area (Å²) in [6.07, 6.45) is 1.66. The van der Waals surface area contributed by atoms with E-state index in [9.17, 15) is 9.59 Å². The number of nitrogens with one attached hydrogen (secondary N) is 1. The number of rotatable bonds is 4. The van der Waals surface area contributed by atoms with Crippen LogP contribution in [0.5, 0.6) is 0 Å². The zero-order valence-corrected chi connectivity index (χ0v) is 14.7. The van der Waals surface area contributed by atoms with E-state index in [0.29, 0.717) is 11.9 Å². The van der Waals surface area contributed by atoms with Crippen molar-refractivity contribution in [2.24, 2.45) is 0 Å². The molecule has 0 saturated heterocycles. The summed E-state index contributed by atoms with van der Waals surface area (Å²) >= 11 is 0. The maximum atomic E-state index is 12.8. The second-order valence-corrected chi connectivity index (χ2v) is 6.28. The van der Waals surface area contributed by atoms with Crippen LogP contribution in [0.3, 0.4) is 0 Å². The molecule has 0 unspecified atom stereocenters. The minimum atomic E-state index is -0.341. The van der Waals surface area contributed by atoms with Gasteiger partial charge in [-0.15, -0.1) is 0 Å². The standard InChI is InChI=1S/C21H22N2O2/c1-4-23-13-18(20(24)17-12-14(2)10-11-19(17)23)21(25)22-15(3)16-8-6-5-7-9-16/h5-13,15H,4H2,1-3H3,(H,22,25)/t15-/m0/s1. The Morgan fingerprint density at radius 3 is 2.56 bits per heavy atom. The lowest BCUT2D eigenvalue weighted by molar-refractivity contribution is 0.0938. The molecule has 0 radical (unpaired) electrons. The average molecular weight is 334 g/mol. The molecule has 0 aliphatic heterocycles. The minimum Gasteiger partial charge on any atom is -0.347 e. The van der Waals surface area contributed by atoms with E-state index in [0.717, 1.165) is 16.6 Å². The Bertz CT molecular complexity index is 974. The Kier molecular flexibility index (Phi) is 4.70. The maximum absolute atomic E-state index is 12.8. The number of aryl methyl sites for hydroxylation is 2. The van der Waals surface area contributed by atoms with E-state index in [1.165, 1.54) is 0 Å². The molecule has 0 saturated carbocycles. The first kappa shape index (κ1) is 17.0. The van der Waals surface area contributed by atoms with Crippen molar-refractivity contribution < 1.29 is 4.79 Å². The predicted octanol–water partition coefficient (Wildman–Crippen LogP) is 3.82. The summed E-state index contributed by atoms with van der Waals surface area (Å²) < 4.78 is 1.94. The highest BCUT2D eigenvalue weighted by Gasteiger charge is 2.17. The van der Waals surface area contributed by atoms with Gasteiger partial charge in [-0.25, -0.2) is 0 Å². The van der Waals surface area contributed by atoms with Gasteiger partial charge in [-0.3, -0.25) is 9.59 Å². The highest BCUT2D eigenvalue weighted by atomic mass is 16.2. The molecule has 0 fully saturated rings. The van der Waals surface area contributed by atoms with Crippen molar-refractivity contribution in [3.63, 3.8) is 0 Å². The zero-order chi connectivity index (χ0) is 18.0. The van der Waals surface area contributed by atoms with Gasteiger partial charge in [0.1, 0.15) is 5.56 Å². The molecule has 0 aliphatic rings. The molecule has 1 N–H and O–H groups in total. The number of aromatic nitrogens is 1. The van der Waals surface area contributed by atoms with Gasteiger partial charge in [0.25, 0.3) is 5.91 Å². The van der Waals surface area contributed by atoms with Crippen LogP contribution in [0.25, 0.3) is 10.9 Å². The number of hydrogen-bond acceptors (Lipinski definition) is 2. The predicted molar refractivity (Wildman–Crippen MR) is 101 cm³/mol. The molecule has 0 aliphatic carbocycles. The van der Waals surface area contributed by atoms with Crippen molar-refractivity contribution in [2.45, 2.75) is 33.4 Å². The third-order valence-corrected chi connectivity index (χ3v) is 4.47. The van der Waals surface area contributed by atoms with Gasteiger partial charge in [-0.05, 0) is 38.5 Å². The number of hydrogen-bond donors (Lipinski definition) is 1. The van der Waals surface area contributed by atoms with Crippen molar-refractivity contribution in [2.75, 3.05) is 0 Å². The fourth-order valence-corrected chi connectivity index (χ4v) is 3.03. The van der Waals surface area contributed by atoms with Crippen LogP contribution in [0.4, 0.5) is 0 Å². The lowest BCUT2D eigenvalue weighted by atomic mass is 10.1. The van der Waals surface area contributed by atoms with Gasteiger partial charge in [-0.2, -0.15) is 0 Å². The quantitative estimate of drug-likeness (QED) is 0.788. The number of pyridine rings is 1. The van der Waals surface area contributed by atoms with Crippen molar-refractivity contribution in [3.05, 3.63) is 81.6 Å². The van der Waals surface area contributed by atoms with Crippen LogP contribution in [0.2, 0.25) is 0 Å². The summed E-state index contributed by atoms with van der Waals surface area (Å²) in [5.74, 6) is -0.341. The van der Waals surface area contributed by atoms with E-state index in [1.807, 2.05) is 73.9 Å². The zero-order valence-electron chi connectivity index (χ0n) is 14.7. The lowest BCUT2D eigenvalue weighted by Gasteiger charge is -2.16. The van der Waals surface area contributed by atoms with Crippen molar-refractivity contribution in [3.8, 4) is 0 Å². The van der Waals surface area contributed by atoms with Gasteiger partial charge in [0, 0.05) is 18.1 Å². The van der Waals surface area contributed by atoms with E-state index >= 15 is 0 Å². The van der Waals surface area contributed by atoms with Gasteiger partial charge in [0.15, 0.2) is 0 Å². The third-order valence-electron chi connectivity index (χ3n) is 4.47. The van der Waals surface area contributed by atoms with E-state index in [-0.39, 0.29) is 22.9 Å². The molecule has 128 valence electrons. The number of amides is 1. The number of fused-ring (bicyclic) bond motifs is 1. The van der Waals surface area contributed by atoms with Crippen LogP contribution < -0.4 is 10.7 Å². The molecule has 1 heterocycles. The maximum Gasteiger partial charge on any atom is 0.257 e. The lowest BCUT2D eigenvalue weighted by Crippen LogP contribution is -2.31. The second-order valence-electron chi connectivity index (χ2n) is 6.28. The van der Waals surface area contributed by atoms with Crippen molar-refractivity contribution >= 4 is 16.8 Å². The Morgan fingerprint density at radius 2 is 1.88 bits per heavy atom. The largest absolute Gasteiger partial charge is 0.347 e. The van der Waals surface area contributed by atoms with Crippen LogP contribution in [0.1, 0.15) is 41.4 Å². The second kappa shape index (κ2) is 6.93. The van der Waals surface area contributed by atoms with Crippen LogP contribution in [0, 0.1) is 6.92 Å². The average Bonchev–Trinajstić information content (AvgIpc) is 2.63. The molecule has 3 aromatic rings. The number of benzene rings is 2. The fourth-order valence-electron chi connectivity index (χ4n) is 3.03. The summed E-state index contributed by atoms with van der Waals surface area (Å²) in [6, 6.07) is 15.3. The highest BCUT2D eigenvalue weighted by Crippen LogP contribution is 2.16. The van der Waals surface area contributed by atoms with Gasteiger partial charge < -0.3 is 9.88 Å². The smallest absolute Gasteiger partial charge is 0.257 e. The molecule has 25 heavy (non-hydrogen) atoms. The topological polar surface area (TPSA) is 51.1 Å². The first-order chi connectivity index (χ1) is 12.0. The van der Waals surface area contributed by atoms with Crippen LogP contribution in [-0.4, -0.2) is 10.5 Å². The van der Waals surface area contributed by atoms with E-state index in [2.05, 4.69) is 5.32 Å². The minimum absolute atomic E-state index is 0.170. The molecule has 1 amide bonds. The number of carbonyl (C=O) groups is 1. The summed E-state index contributed by atoms with van der Waals surface area (Å²) in [4.78, 5) is 25.6. The molecule has 0 bridgehead atoms. The summed E-state index contributed by atoms with van der Waals surface area (Å²) in [5, 5.41) is 3.52. The van der Waals surface area contributed by atoms with E-state index < -0.39 is 0 Å². The Hall–Kier alpha value is -2.88. The van der Waals surface area contributed by atoms with Crippen LogP contribution in [0.15, 0.2) is 59.5 Å². The molecule has 0 spiro atoms. The number of carbonyl (C=O) groups excluding carboxylic acids is 1. The molecular weight excluding hydrogens is 312 g/mol. The van der Waals surface area contributed by atoms with Gasteiger partial charge in [0.05, 0.1) is 11.6 Å². The Labute approximate surface area is 147 Å². The molecule has 1 aromatic heterocycles. The molecule has 4 heteroatoms. The molecule has 3 rings (SSSR count). The SMILES string of the molecule is CCn1cc(C(=O)N[C@@H](C)c2ccccc2)c(=O)c2cc(C)ccc21. The van der Waals surface area contributed by atoms with Crippen LogP contribution >= 0.6 is 0 Å². The molecule has 2 aromatic carbocycles. The first-order valence-corrected chi connectivity index (χ1v) is 8.51. The Morgan fingerprint density at radius 1 is 1.16 bits per heavy atom. The Balaban J connectivity index is 2.01.